The lowest BCUT2D eigenvalue weighted by molar-refractivity contribution is -0.116. The number of aliphatic hydroxyl groups excluding tert-OH is 1. The Morgan fingerprint density at radius 3 is 2.82 bits per heavy atom. The van der Waals surface area contributed by atoms with Gasteiger partial charge in [0.1, 0.15) is 6.54 Å². The molecule has 2 aromatic carbocycles. The molecule has 22 heavy (non-hydrogen) atoms. The van der Waals surface area contributed by atoms with Gasteiger partial charge in [0.25, 0.3) is 0 Å². The second-order valence-corrected chi connectivity index (χ2v) is 4.94. The van der Waals surface area contributed by atoms with Gasteiger partial charge < -0.3 is 15.4 Å². The van der Waals surface area contributed by atoms with Crippen molar-refractivity contribution in [2.45, 2.75) is 13.2 Å². The Labute approximate surface area is 126 Å². The fourth-order valence-electron chi connectivity index (χ4n) is 2.36. The number of nitrogens with one attached hydrogen (secondary N) is 2. The lowest BCUT2D eigenvalue weighted by atomic mass is 10.2. The van der Waals surface area contributed by atoms with Crippen molar-refractivity contribution >= 4 is 22.6 Å². The number of H-pyrrole nitrogens is 1. The molecule has 0 aliphatic rings. The van der Waals surface area contributed by atoms with Gasteiger partial charge in [0.2, 0.25) is 5.91 Å². The van der Waals surface area contributed by atoms with E-state index in [4.69, 9.17) is 5.11 Å². The lowest BCUT2D eigenvalue weighted by Gasteiger charge is -2.07. The Bertz CT molecular complexity index is 879. The molecule has 0 fully saturated rings. The molecule has 3 rings (SSSR count). The van der Waals surface area contributed by atoms with E-state index in [9.17, 15) is 9.59 Å². The minimum Gasteiger partial charge on any atom is -0.392 e. The Morgan fingerprint density at radius 2 is 2.00 bits per heavy atom. The number of nitrogens with zero attached hydrogens (tertiary/aromatic N) is 1. The molecule has 0 aliphatic carbocycles. The second-order valence-electron chi connectivity index (χ2n) is 4.94. The van der Waals surface area contributed by atoms with E-state index in [-0.39, 0.29) is 24.7 Å². The first-order chi connectivity index (χ1) is 10.7. The van der Waals surface area contributed by atoms with E-state index in [2.05, 4.69) is 10.3 Å². The average Bonchev–Trinajstić information content (AvgIpc) is 2.83. The number of carbonyl (C=O) groups excluding carboxylic acids is 1. The number of hydrogen-bond acceptors (Lipinski definition) is 3. The summed E-state index contributed by atoms with van der Waals surface area (Å²) in [5.41, 5.74) is 2.36. The summed E-state index contributed by atoms with van der Waals surface area (Å²) >= 11 is 0. The first-order valence-electron chi connectivity index (χ1n) is 6.84. The highest BCUT2D eigenvalue weighted by atomic mass is 16.3. The molecule has 0 radical (unpaired) electrons. The molecule has 0 bridgehead atoms. The molecule has 0 atom stereocenters. The lowest BCUT2D eigenvalue weighted by Crippen LogP contribution is -2.25. The molecule has 3 N–H and O–H groups in total. The summed E-state index contributed by atoms with van der Waals surface area (Å²) in [6, 6.07) is 14.1. The largest absolute Gasteiger partial charge is 0.392 e. The minimum atomic E-state index is -0.319. The number of aromatic amines is 1. The van der Waals surface area contributed by atoms with Crippen LogP contribution in [0.1, 0.15) is 5.56 Å². The number of amides is 1. The number of aliphatic hydroxyl groups is 1. The molecule has 112 valence electrons. The fraction of sp³-hybridized carbons (Fsp3) is 0.125. The SMILES string of the molecule is O=C(Cn1c(=O)[nH]c2ccccc21)Nc1cccc(CO)c1. The van der Waals surface area contributed by atoms with E-state index >= 15 is 0 Å². The summed E-state index contributed by atoms with van der Waals surface area (Å²) in [4.78, 5) is 26.8. The van der Waals surface area contributed by atoms with Crippen molar-refractivity contribution in [3.63, 3.8) is 0 Å². The topological polar surface area (TPSA) is 87.1 Å². The van der Waals surface area contributed by atoms with Crippen molar-refractivity contribution in [3.05, 3.63) is 64.6 Å². The first-order valence-corrected chi connectivity index (χ1v) is 6.84. The Balaban J connectivity index is 1.81. The van der Waals surface area contributed by atoms with E-state index in [0.29, 0.717) is 22.3 Å². The van der Waals surface area contributed by atoms with E-state index < -0.39 is 0 Å². The Kier molecular flexibility index (Phi) is 3.76. The molecular formula is C16H15N3O3. The monoisotopic (exact) mass is 297 g/mol. The number of benzene rings is 2. The molecule has 1 amide bonds. The van der Waals surface area contributed by atoms with Crippen LogP contribution in [0.5, 0.6) is 0 Å². The molecule has 6 nitrogen and oxygen atoms in total. The number of imidazole rings is 1. The highest BCUT2D eigenvalue weighted by Gasteiger charge is 2.10. The number of rotatable bonds is 4. The summed E-state index contributed by atoms with van der Waals surface area (Å²) in [6.45, 7) is -0.169. The van der Waals surface area contributed by atoms with Gasteiger partial charge in [-0.1, -0.05) is 24.3 Å². The quantitative estimate of drug-likeness (QED) is 0.681. The van der Waals surface area contributed by atoms with Crippen LogP contribution in [-0.2, 0) is 17.9 Å². The van der Waals surface area contributed by atoms with Crippen LogP contribution in [0.3, 0.4) is 0 Å². The van der Waals surface area contributed by atoms with Crippen molar-refractivity contribution in [2.24, 2.45) is 0 Å². The van der Waals surface area contributed by atoms with Gasteiger partial charge >= 0.3 is 5.69 Å². The van der Waals surface area contributed by atoms with E-state index in [0.717, 1.165) is 0 Å². The van der Waals surface area contributed by atoms with E-state index in [1.807, 2.05) is 12.1 Å². The molecule has 0 saturated carbocycles. The van der Waals surface area contributed by atoms with Gasteiger partial charge in [0.05, 0.1) is 17.6 Å². The van der Waals surface area contributed by atoms with Crippen LogP contribution in [0.2, 0.25) is 0 Å². The number of fused-ring (bicyclic) bond motifs is 1. The van der Waals surface area contributed by atoms with Gasteiger partial charge in [-0.05, 0) is 29.8 Å². The maximum Gasteiger partial charge on any atom is 0.326 e. The van der Waals surface area contributed by atoms with Crippen LogP contribution in [0.25, 0.3) is 11.0 Å². The highest BCUT2D eigenvalue weighted by Crippen LogP contribution is 2.12. The molecular weight excluding hydrogens is 282 g/mol. The van der Waals surface area contributed by atoms with Crippen LogP contribution in [0.15, 0.2) is 53.3 Å². The predicted molar refractivity (Wildman–Crippen MR) is 83.6 cm³/mol. The Hall–Kier alpha value is -2.86. The molecule has 6 heteroatoms. The third kappa shape index (κ3) is 2.77. The zero-order chi connectivity index (χ0) is 15.5. The summed E-state index contributed by atoms with van der Waals surface area (Å²) in [5, 5.41) is 11.8. The third-order valence-electron chi connectivity index (χ3n) is 3.38. The minimum absolute atomic E-state index is 0.0772. The number of anilines is 1. The van der Waals surface area contributed by atoms with Crippen LogP contribution >= 0.6 is 0 Å². The van der Waals surface area contributed by atoms with Crippen molar-refractivity contribution < 1.29 is 9.90 Å². The van der Waals surface area contributed by atoms with Crippen molar-refractivity contribution in [1.82, 2.24) is 9.55 Å². The molecule has 0 spiro atoms. The van der Waals surface area contributed by atoms with Gasteiger partial charge in [0, 0.05) is 5.69 Å². The number of hydrogen-bond donors (Lipinski definition) is 3. The summed E-state index contributed by atoms with van der Waals surface area (Å²) < 4.78 is 1.39. The van der Waals surface area contributed by atoms with Gasteiger partial charge in [-0.2, -0.15) is 0 Å². The molecule has 0 aliphatic heterocycles. The number of aromatic nitrogens is 2. The zero-order valence-electron chi connectivity index (χ0n) is 11.7. The number of para-hydroxylation sites is 2. The van der Waals surface area contributed by atoms with Gasteiger partial charge in [-0.3, -0.25) is 9.36 Å². The first kappa shape index (κ1) is 14.1. The summed E-state index contributed by atoms with van der Waals surface area (Å²) in [6.07, 6.45) is 0. The molecule has 0 saturated heterocycles. The van der Waals surface area contributed by atoms with Crippen LogP contribution in [0.4, 0.5) is 5.69 Å². The van der Waals surface area contributed by atoms with Crippen molar-refractivity contribution in [3.8, 4) is 0 Å². The highest BCUT2D eigenvalue weighted by molar-refractivity contribution is 5.91. The second kappa shape index (κ2) is 5.87. The summed E-state index contributed by atoms with van der Waals surface area (Å²) in [5.74, 6) is -0.304. The molecule has 1 aromatic heterocycles. The third-order valence-corrected chi connectivity index (χ3v) is 3.38. The van der Waals surface area contributed by atoms with E-state index in [1.165, 1.54) is 4.57 Å². The van der Waals surface area contributed by atoms with E-state index in [1.54, 1.807) is 36.4 Å². The smallest absolute Gasteiger partial charge is 0.326 e. The average molecular weight is 297 g/mol. The Morgan fingerprint density at radius 1 is 1.18 bits per heavy atom. The van der Waals surface area contributed by atoms with Gasteiger partial charge in [-0.15, -0.1) is 0 Å². The molecule has 1 heterocycles. The molecule has 3 aromatic rings. The predicted octanol–water partition coefficient (Wildman–Crippen LogP) is 1.46. The maximum absolute atomic E-state index is 12.1. The van der Waals surface area contributed by atoms with Crippen molar-refractivity contribution in [1.29, 1.82) is 0 Å². The van der Waals surface area contributed by atoms with Gasteiger partial charge in [0.15, 0.2) is 0 Å². The van der Waals surface area contributed by atoms with Crippen molar-refractivity contribution in [2.75, 3.05) is 5.32 Å². The van der Waals surface area contributed by atoms with Crippen LogP contribution < -0.4 is 11.0 Å². The molecule has 0 unspecified atom stereocenters. The fourth-order valence-corrected chi connectivity index (χ4v) is 2.36. The standard InChI is InChI=1S/C16H15N3O3/c20-10-11-4-3-5-12(8-11)17-15(21)9-19-14-7-2-1-6-13(14)18-16(19)22/h1-8,20H,9-10H2,(H,17,21)(H,18,22). The zero-order valence-corrected chi connectivity index (χ0v) is 11.7. The maximum atomic E-state index is 12.1. The van der Waals surface area contributed by atoms with Crippen LogP contribution in [-0.4, -0.2) is 20.6 Å². The normalized spacial score (nSPS) is 10.8. The summed E-state index contributed by atoms with van der Waals surface area (Å²) in [7, 11) is 0. The van der Waals surface area contributed by atoms with Gasteiger partial charge in [-0.25, -0.2) is 4.79 Å². The number of carbonyl (C=O) groups is 1. The van der Waals surface area contributed by atoms with Crippen LogP contribution in [0, 0.1) is 0 Å².